The summed E-state index contributed by atoms with van der Waals surface area (Å²) in [5, 5.41) is 18.7. The first-order valence-corrected chi connectivity index (χ1v) is 8.02. The maximum absolute atomic E-state index is 12.3. The molecule has 0 saturated carbocycles. The summed E-state index contributed by atoms with van der Waals surface area (Å²) in [6.07, 6.45) is 1.40. The van der Waals surface area contributed by atoms with Crippen molar-refractivity contribution < 1.29 is 9.59 Å². The summed E-state index contributed by atoms with van der Waals surface area (Å²) >= 11 is 0. The van der Waals surface area contributed by atoms with Gasteiger partial charge in [-0.05, 0) is 23.8 Å². The number of nitrogens with one attached hydrogen (secondary N) is 1. The minimum absolute atomic E-state index is 0.200. The molecule has 2 amide bonds. The van der Waals surface area contributed by atoms with Crippen molar-refractivity contribution in [1.29, 1.82) is 0 Å². The number of para-hydroxylation sites is 1. The molecule has 8 nitrogen and oxygen atoms in total. The van der Waals surface area contributed by atoms with Crippen molar-refractivity contribution >= 4 is 11.8 Å². The van der Waals surface area contributed by atoms with E-state index in [1.165, 1.54) is 11.0 Å². The fourth-order valence-corrected chi connectivity index (χ4v) is 2.70. The van der Waals surface area contributed by atoms with Gasteiger partial charge in [0.1, 0.15) is 6.04 Å². The highest BCUT2D eigenvalue weighted by Gasteiger charge is 2.24. The molecule has 3 aromatic rings. The average Bonchev–Trinajstić information content (AvgIpc) is 3.19. The van der Waals surface area contributed by atoms with Crippen LogP contribution in [0.4, 0.5) is 0 Å². The molecule has 8 heteroatoms. The van der Waals surface area contributed by atoms with Gasteiger partial charge in [0.2, 0.25) is 0 Å². The van der Waals surface area contributed by atoms with Crippen LogP contribution >= 0.6 is 0 Å². The molecular weight excluding hydrogens is 332 g/mol. The van der Waals surface area contributed by atoms with E-state index in [-0.39, 0.29) is 24.1 Å². The Balaban J connectivity index is 1.46. The van der Waals surface area contributed by atoms with E-state index < -0.39 is 6.04 Å². The summed E-state index contributed by atoms with van der Waals surface area (Å²) in [5.41, 5.74) is 2.23. The molecule has 4 rings (SSSR count). The van der Waals surface area contributed by atoms with Gasteiger partial charge in [0.25, 0.3) is 11.8 Å². The third-order valence-corrected chi connectivity index (χ3v) is 4.01. The Hall–Kier alpha value is -3.68. The van der Waals surface area contributed by atoms with Crippen LogP contribution in [-0.2, 0) is 0 Å². The molecule has 0 fully saturated rings. The number of hydrogen-bond acceptors (Lipinski definition) is 5. The Kier molecular flexibility index (Phi) is 4.06. The molecule has 1 aliphatic rings. The lowest BCUT2D eigenvalue weighted by Crippen LogP contribution is -2.29. The number of azo groups is 1. The van der Waals surface area contributed by atoms with Gasteiger partial charge < -0.3 is 5.32 Å². The summed E-state index contributed by atoms with van der Waals surface area (Å²) in [5.74, 6) is -0.731. The predicted molar refractivity (Wildman–Crippen MR) is 92.1 cm³/mol. The van der Waals surface area contributed by atoms with Crippen molar-refractivity contribution in [3.8, 4) is 5.69 Å². The van der Waals surface area contributed by atoms with E-state index in [4.69, 9.17) is 0 Å². The lowest BCUT2D eigenvalue weighted by Gasteiger charge is -2.18. The monoisotopic (exact) mass is 346 g/mol. The van der Waals surface area contributed by atoms with Gasteiger partial charge in [0.05, 0.1) is 11.9 Å². The van der Waals surface area contributed by atoms with E-state index in [0.717, 1.165) is 11.3 Å². The van der Waals surface area contributed by atoms with Crippen molar-refractivity contribution in [2.24, 2.45) is 10.2 Å². The number of aromatic nitrogens is 3. The third-order valence-electron chi connectivity index (χ3n) is 4.01. The van der Waals surface area contributed by atoms with Crippen LogP contribution in [-0.4, -0.2) is 33.4 Å². The molecule has 0 bridgehead atoms. The minimum atomic E-state index is -0.406. The van der Waals surface area contributed by atoms with Crippen LogP contribution in [0.2, 0.25) is 0 Å². The Labute approximate surface area is 148 Å². The molecule has 0 saturated heterocycles. The van der Waals surface area contributed by atoms with Crippen molar-refractivity contribution in [3.63, 3.8) is 0 Å². The maximum atomic E-state index is 12.3. The predicted octanol–water partition coefficient (Wildman–Crippen LogP) is 2.34. The SMILES string of the molecule is O=C(NCC1N=NC(=O)c2ccccc21)c1cnn(-c2ccccc2)n1. The fourth-order valence-electron chi connectivity index (χ4n) is 2.70. The standard InChI is InChI=1S/C18H14N6O2/c25-17-14-9-5-4-8-13(14)15(21-22-17)10-19-18(26)16-11-20-24(23-16)12-6-2-1-3-7-12/h1-9,11,15H,10H2,(H,19,26). The zero-order chi connectivity index (χ0) is 17.9. The highest BCUT2D eigenvalue weighted by Crippen LogP contribution is 2.26. The van der Waals surface area contributed by atoms with Gasteiger partial charge in [-0.3, -0.25) is 9.59 Å². The van der Waals surface area contributed by atoms with Gasteiger partial charge in [-0.2, -0.15) is 15.0 Å². The molecule has 1 unspecified atom stereocenters. The quantitative estimate of drug-likeness (QED) is 0.783. The topological polar surface area (TPSA) is 102 Å². The first kappa shape index (κ1) is 15.8. The first-order valence-electron chi connectivity index (χ1n) is 8.02. The number of hydrogen-bond donors (Lipinski definition) is 1. The lowest BCUT2D eigenvalue weighted by molar-refractivity contribution is 0.0945. The fraction of sp³-hybridized carbons (Fsp3) is 0.111. The second-order valence-corrected chi connectivity index (χ2v) is 5.69. The van der Waals surface area contributed by atoms with Crippen molar-refractivity contribution in [2.75, 3.05) is 6.54 Å². The average molecular weight is 346 g/mol. The zero-order valence-electron chi connectivity index (χ0n) is 13.6. The largest absolute Gasteiger partial charge is 0.348 e. The molecule has 1 atom stereocenters. The van der Waals surface area contributed by atoms with Gasteiger partial charge in [-0.15, -0.1) is 10.2 Å². The number of carbonyl (C=O) groups is 2. The summed E-state index contributed by atoms with van der Waals surface area (Å²) in [4.78, 5) is 25.5. The van der Waals surface area contributed by atoms with Crippen LogP contribution in [0.15, 0.2) is 71.0 Å². The molecule has 0 spiro atoms. The van der Waals surface area contributed by atoms with E-state index in [1.807, 2.05) is 42.5 Å². The molecule has 26 heavy (non-hydrogen) atoms. The van der Waals surface area contributed by atoms with Crippen LogP contribution in [0.3, 0.4) is 0 Å². The summed E-state index contributed by atoms with van der Waals surface area (Å²) in [6, 6.07) is 16.0. The second-order valence-electron chi connectivity index (χ2n) is 5.69. The van der Waals surface area contributed by atoms with Gasteiger partial charge in [-0.25, -0.2) is 0 Å². The summed E-state index contributed by atoms with van der Waals surface area (Å²) in [6.45, 7) is 0.213. The molecule has 0 aliphatic carbocycles. The molecule has 2 heterocycles. The van der Waals surface area contributed by atoms with E-state index >= 15 is 0 Å². The van der Waals surface area contributed by atoms with Crippen LogP contribution < -0.4 is 5.32 Å². The first-order chi connectivity index (χ1) is 12.7. The number of fused-ring (bicyclic) bond motifs is 1. The smallest absolute Gasteiger partial charge is 0.295 e. The second kappa shape index (κ2) is 6.67. The van der Waals surface area contributed by atoms with Crippen molar-refractivity contribution in [3.05, 3.63) is 77.6 Å². The normalized spacial score (nSPS) is 15.5. The molecule has 1 aliphatic heterocycles. The minimum Gasteiger partial charge on any atom is -0.348 e. The number of carbonyl (C=O) groups excluding carboxylic acids is 2. The van der Waals surface area contributed by atoms with Gasteiger partial charge in [0.15, 0.2) is 5.69 Å². The van der Waals surface area contributed by atoms with Crippen LogP contribution in [0.1, 0.15) is 32.5 Å². The van der Waals surface area contributed by atoms with E-state index in [0.29, 0.717) is 5.56 Å². The van der Waals surface area contributed by atoms with Gasteiger partial charge in [-0.1, -0.05) is 36.4 Å². The molecule has 1 N–H and O–H groups in total. The molecular formula is C18H14N6O2. The highest BCUT2D eigenvalue weighted by atomic mass is 16.2. The molecule has 1 aromatic heterocycles. The van der Waals surface area contributed by atoms with E-state index in [9.17, 15) is 9.59 Å². The maximum Gasteiger partial charge on any atom is 0.295 e. The van der Waals surface area contributed by atoms with E-state index in [2.05, 4.69) is 25.7 Å². The Bertz CT molecular complexity index is 996. The lowest BCUT2D eigenvalue weighted by atomic mass is 9.99. The Morgan fingerprint density at radius 1 is 1.08 bits per heavy atom. The molecule has 128 valence electrons. The van der Waals surface area contributed by atoms with Crippen molar-refractivity contribution in [1.82, 2.24) is 20.3 Å². The number of rotatable bonds is 4. The number of amides is 2. The Morgan fingerprint density at radius 2 is 1.85 bits per heavy atom. The highest BCUT2D eigenvalue weighted by molar-refractivity contribution is 5.97. The van der Waals surface area contributed by atoms with Crippen LogP contribution in [0, 0.1) is 0 Å². The Morgan fingerprint density at radius 3 is 2.69 bits per heavy atom. The van der Waals surface area contributed by atoms with Gasteiger partial charge >= 0.3 is 0 Å². The zero-order valence-corrected chi connectivity index (χ0v) is 13.6. The van der Waals surface area contributed by atoms with Gasteiger partial charge in [0, 0.05) is 12.1 Å². The van der Waals surface area contributed by atoms with Crippen LogP contribution in [0.5, 0.6) is 0 Å². The third kappa shape index (κ3) is 3.00. The molecule has 0 radical (unpaired) electrons. The summed E-state index contributed by atoms with van der Waals surface area (Å²) < 4.78 is 0. The summed E-state index contributed by atoms with van der Waals surface area (Å²) in [7, 11) is 0. The van der Waals surface area contributed by atoms with E-state index in [1.54, 1.807) is 12.1 Å². The number of benzene rings is 2. The van der Waals surface area contributed by atoms with Crippen molar-refractivity contribution in [2.45, 2.75) is 6.04 Å². The number of nitrogens with zero attached hydrogens (tertiary/aromatic N) is 5. The molecule has 2 aromatic carbocycles. The van der Waals surface area contributed by atoms with Crippen LogP contribution in [0.25, 0.3) is 5.69 Å².